The van der Waals surface area contributed by atoms with Gasteiger partial charge in [-0.15, -0.1) is 24.0 Å². The zero-order valence-electron chi connectivity index (χ0n) is 17.6. The molecular formula is C21H35IN4O3. The molecule has 1 heterocycles. The molecule has 1 aliphatic heterocycles. The lowest BCUT2D eigenvalue weighted by molar-refractivity contribution is -0.133. The van der Waals surface area contributed by atoms with E-state index in [0.717, 1.165) is 25.1 Å². The number of rotatable bonds is 9. The normalized spacial score (nSPS) is 17.8. The molecule has 0 spiro atoms. The van der Waals surface area contributed by atoms with Crippen molar-refractivity contribution in [1.29, 1.82) is 0 Å². The predicted molar refractivity (Wildman–Crippen MR) is 126 cm³/mol. The summed E-state index contributed by atoms with van der Waals surface area (Å²) in [4.78, 5) is 18.5. The van der Waals surface area contributed by atoms with Gasteiger partial charge in [-0.1, -0.05) is 44.2 Å². The van der Waals surface area contributed by atoms with Gasteiger partial charge in [-0.2, -0.15) is 0 Å². The van der Waals surface area contributed by atoms with Crippen molar-refractivity contribution in [3.05, 3.63) is 35.9 Å². The fourth-order valence-corrected chi connectivity index (χ4v) is 3.09. The molecule has 0 aromatic heterocycles. The predicted octanol–water partition coefficient (Wildman–Crippen LogP) is 1.99. The number of carbonyl (C=O) groups is 1. The zero-order valence-corrected chi connectivity index (χ0v) is 20.0. The van der Waals surface area contributed by atoms with Crippen molar-refractivity contribution in [3.63, 3.8) is 0 Å². The highest BCUT2D eigenvalue weighted by molar-refractivity contribution is 14.0. The number of halogens is 1. The van der Waals surface area contributed by atoms with E-state index in [1.54, 1.807) is 0 Å². The van der Waals surface area contributed by atoms with Gasteiger partial charge in [-0.3, -0.25) is 9.79 Å². The molecule has 3 N–H and O–H groups in total. The van der Waals surface area contributed by atoms with Gasteiger partial charge in [0.25, 0.3) is 0 Å². The number of aliphatic hydroxyl groups is 1. The molecule has 1 saturated heterocycles. The van der Waals surface area contributed by atoms with Crippen molar-refractivity contribution in [1.82, 2.24) is 15.5 Å². The van der Waals surface area contributed by atoms with E-state index in [2.05, 4.69) is 15.6 Å². The second-order valence-electron chi connectivity index (χ2n) is 7.44. The Kier molecular flexibility index (Phi) is 12.2. The average molecular weight is 518 g/mol. The monoisotopic (exact) mass is 518 g/mol. The van der Waals surface area contributed by atoms with Gasteiger partial charge in [0.15, 0.2) is 5.96 Å². The second-order valence-corrected chi connectivity index (χ2v) is 7.44. The first kappa shape index (κ1) is 25.6. The molecule has 0 radical (unpaired) electrons. The van der Waals surface area contributed by atoms with Crippen LogP contribution in [0.1, 0.15) is 32.8 Å². The van der Waals surface area contributed by atoms with Gasteiger partial charge in [0.05, 0.1) is 25.9 Å². The Balaban J connectivity index is 0.00000420. The largest absolute Gasteiger partial charge is 0.389 e. The summed E-state index contributed by atoms with van der Waals surface area (Å²) in [6.45, 7) is 9.00. The average Bonchev–Trinajstić information content (AvgIpc) is 3.15. The smallest absolute Gasteiger partial charge is 0.225 e. The molecule has 1 aliphatic rings. The lowest BCUT2D eigenvalue weighted by Gasteiger charge is -2.20. The first-order valence-corrected chi connectivity index (χ1v) is 10.1. The van der Waals surface area contributed by atoms with E-state index in [-0.39, 0.29) is 55.0 Å². The van der Waals surface area contributed by atoms with Crippen molar-refractivity contribution < 1.29 is 14.6 Å². The van der Waals surface area contributed by atoms with Crippen molar-refractivity contribution in [3.8, 4) is 0 Å². The highest BCUT2D eigenvalue weighted by Crippen LogP contribution is 2.12. The Morgan fingerprint density at radius 1 is 1.34 bits per heavy atom. The minimum Gasteiger partial charge on any atom is -0.389 e. The number of hydrogen-bond donors (Lipinski definition) is 3. The summed E-state index contributed by atoms with van der Waals surface area (Å²) in [5, 5.41) is 16.7. The minimum atomic E-state index is -0.665. The molecule has 1 aromatic rings. The summed E-state index contributed by atoms with van der Waals surface area (Å²) < 4.78 is 5.57. The van der Waals surface area contributed by atoms with Crippen LogP contribution in [0.2, 0.25) is 0 Å². The highest BCUT2D eigenvalue weighted by Gasteiger charge is 2.27. The number of hydrogen-bond acceptors (Lipinski definition) is 4. The van der Waals surface area contributed by atoms with Crippen LogP contribution in [0.5, 0.6) is 0 Å². The standard InChI is InChI=1S/C21H34N4O3.HI/c1-4-22-21(24-18-10-11-25(13-18)20(27)16(2)3)23-12-19(26)15-28-14-17-8-6-5-7-9-17;/h5-9,16,18-19,26H,4,10-15H2,1-3H3,(H2,22,23,24);1H. The Bertz CT molecular complexity index is 628. The SMILES string of the molecule is CCNC(=NCC(O)COCc1ccccc1)NC1CCN(C(=O)C(C)C)C1.I. The van der Waals surface area contributed by atoms with Crippen LogP contribution in [-0.2, 0) is 16.1 Å². The lowest BCUT2D eigenvalue weighted by atomic mass is 10.2. The number of benzene rings is 1. The van der Waals surface area contributed by atoms with Crippen LogP contribution in [0.25, 0.3) is 0 Å². The fraction of sp³-hybridized carbons (Fsp3) is 0.619. The molecule has 1 aromatic carbocycles. The first-order valence-electron chi connectivity index (χ1n) is 10.1. The number of aliphatic imine (C=N–C) groups is 1. The van der Waals surface area contributed by atoms with Gasteiger partial charge in [-0.25, -0.2) is 0 Å². The summed E-state index contributed by atoms with van der Waals surface area (Å²) in [5.41, 5.74) is 1.08. The first-order chi connectivity index (χ1) is 13.5. The summed E-state index contributed by atoms with van der Waals surface area (Å²) in [6.07, 6.45) is 0.229. The summed E-state index contributed by atoms with van der Waals surface area (Å²) in [7, 11) is 0. The lowest BCUT2D eigenvalue weighted by Crippen LogP contribution is -2.45. The second kappa shape index (κ2) is 13.8. The molecule has 29 heavy (non-hydrogen) atoms. The van der Waals surface area contributed by atoms with Crippen molar-refractivity contribution in [2.75, 3.05) is 32.8 Å². The third-order valence-electron chi connectivity index (χ3n) is 4.56. The maximum Gasteiger partial charge on any atom is 0.225 e. The molecule has 7 nitrogen and oxygen atoms in total. The third-order valence-corrected chi connectivity index (χ3v) is 4.56. The van der Waals surface area contributed by atoms with E-state index in [1.165, 1.54) is 0 Å². The molecule has 1 fully saturated rings. The Labute approximate surface area is 191 Å². The molecular weight excluding hydrogens is 483 g/mol. The van der Waals surface area contributed by atoms with E-state index in [0.29, 0.717) is 19.1 Å². The Morgan fingerprint density at radius 2 is 2.07 bits per heavy atom. The number of guanidine groups is 1. The van der Waals surface area contributed by atoms with Crippen molar-refractivity contribution >= 4 is 35.8 Å². The van der Waals surface area contributed by atoms with Gasteiger partial charge in [-0.05, 0) is 18.9 Å². The maximum atomic E-state index is 12.1. The number of amides is 1. The van der Waals surface area contributed by atoms with Crippen LogP contribution in [0.15, 0.2) is 35.3 Å². The van der Waals surface area contributed by atoms with E-state index in [9.17, 15) is 9.90 Å². The van der Waals surface area contributed by atoms with Gasteiger partial charge < -0.3 is 25.4 Å². The third kappa shape index (κ3) is 9.31. The molecule has 0 saturated carbocycles. The maximum absolute atomic E-state index is 12.1. The number of ether oxygens (including phenoxy) is 1. The van der Waals surface area contributed by atoms with Gasteiger partial charge in [0.2, 0.25) is 5.91 Å². The van der Waals surface area contributed by atoms with Crippen LogP contribution in [0.4, 0.5) is 0 Å². The molecule has 8 heteroatoms. The van der Waals surface area contributed by atoms with Gasteiger partial charge in [0.1, 0.15) is 0 Å². The highest BCUT2D eigenvalue weighted by atomic mass is 127. The summed E-state index contributed by atoms with van der Waals surface area (Å²) in [5.74, 6) is 0.873. The molecule has 1 amide bonds. The van der Waals surface area contributed by atoms with Crippen LogP contribution >= 0.6 is 24.0 Å². The van der Waals surface area contributed by atoms with Gasteiger partial charge >= 0.3 is 0 Å². The topological polar surface area (TPSA) is 86.2 Å². The molecule has 2 unspecified atom stereocenters. The van der Waals surface area contributed by atoms with E-state index >= 15 is 0 Å². The number of likely N-dealkylation sites (tertiary alicyclic amines) is 1. The van der Waals surface area contributed by atoms with E-state index in [1.807, 2.05) is 56.0 Å². The van der Waals surface area contributed by atoms with Crippen LogP contribution < -0.4 is 10.6 Å². The Hall–Kier alpha value is -1.39. The quantitative estimate of drug-likeness (QED) is 0.265. The number of carbonyl (C=O) groups excluding carboxylic acids is 1. The van der Waals surface area contributed by atoms with E-state index < -0.39 is 6.10 Å². The summed E-state index contributed by atoms with van der Waals surface area (Å²) >= 11 is 0. The number of nitrogens with one attached hydrogen (secondary N) is 2. The minimum absolute atomic E-state index is 0. The molecule has 164 valence electrons. The molecule has 0 bridgehead atoms. The number of nitrogens with zero attached hydrogens (tertiary/aromatic N) is 2. The van der Waals surface area contributed by atoms with E-state index in [4.69, 9.17) is 4.74 Å². The Morgan fingerprint density at radius 3 is 2.72 bits per heavy atom. The van der Waals surface area contributed by atoms with Crippen molar-refractivity contribution in [2.24, 2.45) is 10.9 Å². The van der Waals surface area contributed by atoms with Gasteiger partial charge in [0, 0.05) is 31.6 Å². The van der Waals surface area contributed by atoms with Crippen molar-refractivity contribution in [2.45, 2.75) is 45.9 Å². The van der Waals surface area contributed by atoms with Crippen LogP contribution in [0, 0.1) is 5.92 Å². The molecule has 2 atom stereocenters. The molecule has 2 rings (SSSR count). The fourth-order valence-electron chi connectivity index (χ4n) is 3.09. The zero-order chi connectivity index (χ0) is 20.4. The van der Waals surface area contributed by atoms with Crippen LogP contribution in [0.3, 0.4) is 0 Å². The number of aliphatic hydroxyl groups excluding tert-OH is 1. The van der Waals surface area contributed by atoms with Crippen LogP contribution in [-0.4, -0.2) is 66.8 Å². The summed E-state index contributed by atoms with van der Waals surface area (Å²) in [6, 6.07) is 10.1. The molecule has 0 aliphatic carbocycles.